The molecule has 0 bridgehead atoms. The predicted molar refractivity (Wildman–Crippen MR) is 70.7 cm³/mol. The van der Waals surface area contributed by atoms with Gasteiger partial charge in [0.2, 0.25) is 0 Å². The van der Waals surface area contributed by atoms with Gasteiger partial charge in [-0.15, -0.1) is 0 Å². The van der Waals surface area contributed by atoms with Gasteiger partial charge in [-0.3, -0.25) is 0 Å². The van der Waals surface area contributed by atoms with E-state index in [1.807, 2.05) is 16.8 Å². The molecule has 1 unspecified atom stereocenters. The summed E-state index contributed by atoms with van der Waals surface area (Å²) in [5.41, 5.74) is 8.69. The number of nitrogen functional groups attached to an aromatic ring is 1. The zero-order chi connectivity index (χ0) is 12.5. The summed E-state index contributed by atoms with van der Waals surface area (Å²) < 4.78 is 7.22. The van der Waals surface area contributed by atoms with E-state index in [0.717, 1.165) is 30.8 Å². The fraction of sp³-hybridized carbons (Fsp3) is 0.357. The maximum Gasteiger partial charge on any atom is 0.121 e. The van der Waals surface area contributed by atoms with E-state index in [9.17, 15) is 0 Å². The molecule has 0 aliphatic heterocycles. The first-order valence-corrected chi connectivity index (χ1v) is 6.22. The molecule has 0 fully saturated rings. The number of benzene rings is 1. The summed E-state index contributed by atoms with van der Waals surface area (Å²) in [5, 5.41) is 4.32. The number of aromatic nitrogens is 2. The average Bonchev–Trinajstić information content (AvgIpc) is 2.83. The molecule has 3 rings (SSSR count). The molecular formula is C14H17N3O. The van der Waals surface area contributed by atoms with Gasteiger partial charge in [0.15, 0.2) is 0 Å². The third-order valence-corrected chi connectivity index (χ3v) is 3.66. The summed E-state index contributed by atoms with van der Waals surface area (Å²) in [5.74, 6) is 1.66. The highest BCUT2D eigenvalue weighted by atomic mass is 16.5. The maximum atomic E-state index is 5.92. The van der Waals surface area contributed by atoms with Gasteiger partial charge in [-0.2, -0.15) is 5.10 Å². The van der Waals surface area contributed by atoms with Gasteiger partial charge < -0.3 is 10.5 Å². The van der Waals surface area contributed by atoms with Crippen LogP contribution >= 0.6 is 0 Å². The number of methoxy groups -OCH3 is 1. The van der Waals surface area contributed by atoms with Gasteiger partial charge >= 0.3 is 0 Å². The van der Waals surface area contributed by atoms with Gasteiger partial charge in [0.05, 0.1) is 19.3 Å². The van der Waals surface area contributed by atoms with Crippen LogP contribution in [0.15, 0.2) is 30.5 Å². The molecule has 4 heteroatoms. The molecule has 0 spiro atoms. The Hall–Kier alpha value is -1.97. The van der Waals surface area contributed by atoms with Crippen LogP contribution in [-0.4, -0.2) is 16.9 Å². The van der Waals surface area contributed by atoms with Crippen LogP contribution in [0.3, 0.4) is 0 Å². The van der Waals surface area contributed by atoms with Crippen molar-refractivity contribution in [1.29, 1.82) is 0 Å². The summed E-state index contributed by atoms with van der Waals surface area (Å²) in [6.07, 6.45) is 4.89. The topological polar surface area (TPSA) is 53.1 Å². The van der Waals surface area contributed by atoms with Gasteiger partial charge in [0.1, 0.15) is 11.6 Å². The van der Waals surface area contributed by atoms with Crippen molar-refractivity contribution in [3.8, 4) is 5.75 Å². The minimum Gasteiger partial charge on any atom is -0.497 e. The van der Waals surface area contributed by atoms with Crippen molar-refractivity contribution >= 4 is 5.82 Å². The lowest BCUT2D eigenvalue weighted by Crippen LogP contribution is -2.20. The SMILES string of the molecule is COc1ccc2c(c1)CC(n1nccc1N)CC2. The van der Waals surface area contributed by atoms with Crippen LogP contribution in [-0.2, 0) is 12.8 Å². The van der Waals surface area contributed by atoms with Crippen molar-refractivity contribution in [2.45, 2.75) is 25.3 Å². The quantitative estimate of drug-likeness (QED) is 0.879. The summed E-state index contributed by atoms with van der Waals surface area (Å²) in [6.45, 7) is 0. The molecule has 1 aliphatic rings. The molecule has 0 saturated carbocycles. The number of fused-ring (bicyclic) bond motifs is 1. The van der Waals surface area contributed by atoms with E-state index in [1.54, 1.807) is 13.3 Å². The van der Waals surface area contributed by atoms with E-state index in [0.29, 0.717) is 6.04 Å². The van der Waals surface area contributed by atoms with Gasteiger partial charge in [-0.25, -0.2) is 4.68 Å². The molecule has 1 aromatic heterocycles. The molecule has 4 nitrogen and oxygen atoms in total. The predicted octanol–water partition coefficient (Wildman–Crippen LogP) is 2.20. The fourth-order valence-corrected chi connectivity index (χ4v) is 2.68. The highest BCUT2D eigenvalue weighted by Gasteiger charge is 2.21. The second-order valence-electron chi connectivity index (χ2n) is 4.73. The van der Waals surface area contributed by atoms with E-state index in [4.69, 9.17) is 10.5 Å². The lowest BCUT2D eigenvalue weighted by molar-refractivity contribution is 0.399. The number of ether oxygens (including phenoxy) is 1. The molecule has 1 aromatic carbocycles. The van der Waals surface area contributed by atoms with E-state index >= 15 is 0 Å². The number of rotatable bonds is 2. The number of anilines is 1. The first-order chi connectivity index (χ1) is 8.78. The zero-order valence-electron chi connectivity index (χ0n) is 10.5. The lowest BCUT2D eigenvalue weighted by Gasteiger charge is -2.26. The van der Waals surface area contributed by atoms with Crippen LogP contribution in [0.1, 0.15) is 23.6 Å². The van der Waals surface area contributed by atoms with Gasteiger partial charge in [-0.1, -0.05) is 6.07 Å². The largest absolute Gasteiger partial charge is 0.497 e. The smallest absolute Gasteiger partial charge is 0.121 e. The molecule has 2 N–H and O–H groups in total. The number of aryl methyl sites for hydroxylation is 1. The summed E-state index contributed by atoms with van der Waals surface area (Å²) in [4.78, 5) is 0. The van der Waals surface area contributed by atoms with Gasteiger partial charge in [0.25, 0.3) is 0 Å². The maximum absolute atomic E-state index is 5.92. The van der Waals surface area contributed by atoms with Crippen LogP contribution in [0.5, 0.6) is 5.75 Å². The highest BCUT2D eigenvalue weighted by Crippen LogP contribution is 2.31. The van der Waals surface area contributed by atoms with Crippen LogP contribution < -0.4 is 10.5 Å². The first kappa shape index (κ1) is 11.1. The Kier molecular flexibility index (Phi) is 2.70. The van der Waals surface area contributed by atoms with Crippen molar-refractivity contribution in [3.63, 3.8) is 0 Å². The molecule has 0 saturated heterocycles. The van der Waals surface area contributed by atoms with Crippen LogP contribution in [0.25, 0.3) is 0 Å². The Morgan fingerprint density at radius 1 is 1.33 bits per heavy atom. The molecule has 0 radical (unpaired) electrons. The van der Waals surface area contributed by atoms with Crippen LogP contribution in [0.2, 0.25) is 0 Å². The van der Waals surface area contributed by atoms with E-state index in [-0.39, 0.29) is 0 Å². The van der Waals surface area contributed by atoms with Crippen molar-refractivity contribution in [3.05, 3.63) is 41.6 Å². The van der Waals surface area contributed by atoms with Crippen molar-refractivity contribution < 1.29 is 4.74 Å². The first-order valence-electron chi connectivity index (χ1n) is 6.22. The molecule has 1 heterocycles. The van der Waals surface area contributed by atoms with Crippen molar-refractivity contribution in [1.82, 2.24) is 9.78 Å². The zero-order valence-corrected chi connectivity index (χ0v) is 10.5. The van der Waals surface area contributed by atoms with Gasteiger partial charge in [-0.05, 0) is 48.6 Å². The van der Waals surface area contributed by atoms with E-state index < -0.39 is 0 Å². The minimum atomic E-state index is 0.361. The van der Waals surface area contributed by atoms with E-state index in [2.05, 4.69) is 17.2 Å². The molecule has 94 valence electrons. The molecule has 18 heavy (non-hydrogen) atoms. The Bertz CT molecular complexity index is 562. The molecule has 0 amide bonds. The summed E-state index contributed by atoms with van der Waals surface area (Å²) in [7, 11) is 1.70. The minimum absolute atomic E-state index is 0.361. The van der Waals surface area contributed by atoms with Crippen LogP contribution in [0.4, 0.5) is 5.82 Å². The normalized spacial score (nSPS) is 18.4. The van der Waals surface area contributed by atoms with Crippen LogP contribution in [0, 0.1) is 0 Å². The Balaban J connectivity index is 1.90. The van der Waals surface area contributed by atoms with E-state index in [1.165, 1.54) is 11.1 Å². The third-order valence-electron chi connectivity index (χ3n) is 3.66. The molecular weight excluding hydrogens is 226 g/mol. The second kappa shape index (κ2) is 4.37. The number of hydrogen-bond donors (Lipinski definition) is 1. The molecule has 2 aromatic rings. The van der Waals surface area contributed by atoms with Gasteiger partial charge in [0, 0.05) is 0 Å². The lowest BCUT2D eigenvalue weighted by atomic mass is 9.88. The molecule has 1 atom stereocenters. The van der Waals surface area contributed by atoms with Crippen molar-refractivity contribution in [2.24, 2.45) is 0 Å². The number of hydrogen-bond acceptors (Lipinski definition) is 3. The molecule has 1 aliphatic carbocycles. The monoisotopic (exact) mass is 243 g/mol. The fourth-order valence-electron chi connectivity index (χ4n) is 2.68. The summed E-state index contributed by atoms with van der Waals surface area (Å²) in [6, 6.07) is 8.53. The number of nitrogens with zero attached hydrogens (tertiary/aromatic N) is 2. The Morgan fingerprint density at radius 2 is 2.22 bits per heavy atom. The third kappa shape index (κ3) is 1.83. The summed E-state index contributed by atoms with van der Waals surface area (Å²) >= 11 is 0. The highest BCUT2D eigenvalue weighted by molar-refractivity contribution is 5.38. The standard InChI is InChI=1S/C14H17N3O/c1-18-13-5-3-10-2-4-12(8-11(10)9-13)17-14(15)6-7-16-17/h3,5-7,9,12H,2,4,8,15H2,1H3. The Labute approximate surface area is 106 Å². The average molecular weight is 243 g/mol. The Morgan fingerprint density at radius 3 is 2.94 bits per heavy atom. The number of nitrogens with two attached hydrogens (primary N) is 1. The second-order valence-corrected chi connectivity index (χ2v) is 4.73. The van der Waals surface area contributed by atoms with Crippen molar-refractivity contribution in [2.75, 3.05) is 12.8 Å².